The Balaban J connectivity index is 1.38. The molecule has 0 radical (unpaired) electrons. The highest BCUT2D eigenvalue weighted by atomic mass is 16.3. The van der Waals surface area contributed by atoms with Gasteiger partial charge in [0.2, 0.25) is 11.8 Å². The Morgan fingerprint density at radius 2 is 1.79 bits per heavy atom. The fraction of sp³-hybridized carbons (Fsp3) is 0.304. The molecule has 0 saturated carbocycles. The largest absolute Gasteiger partial charge is 0.493 e. The van der Waals surface area contributed by atoms with E-state index in [0.29, 0.717) is 12.0 Å². The molecular formula is C23H25N3O2. The number of aromatic nitrogens is 2. The zero-order valence-corrected chi connectivity index (χ0v) is 15.9. The van der Waals surface area contributed by atoms with Gasteiger partial charge in [0.05, 0.1) is 5.56 Å². The molecule has 144 valence electrons. The monoisotopic (exact) mass is 375 g/mol. The van der Waals surface area contributed by atoms with Crippen molar-refractivity contribution >= 4 is 11.6 Å². The average Bonchev–Trinajstić information content (AvgIpc) is 3.15. The molecule has 0 fully saturated rings. The second-order valence-electron chi connectivity index (χ2n) is 7.37. The van der Waals surface area contributed by atoms with Crippen molar-refractivity contribution in [1.29, 1.82) is 0 Å². The van der Waals surface area contributed by atoms with E-state index < -0.39 is 0 Å². The van der Waals surface area contributed by atoms with Crippen LogP contribution < -0.4 is 10.9 Å². The molecule has 0 aliphatic heterocycles. The number of nitrogens with zero attached hydrogens (tertiary/aromatic N) is 1. The summed E-state index contributed by atoms with van der Waals surface area (Å²) in [6.07, 6.45) is 6.66. The van der Waals surface area contributed by atoms with Gasteiger partial charge in [-0.1, -0.05) is 36.4 Å². The van der Waals surface area contributed by atoms with Crippen molar-refractivity contribution in [3.8, 4) is 5.88 Å². The maximum absolute atomic E-state index is 12.4. The lowest BCUT2D eigenvalue weighted by Crippen LogP contribution is -2.16. The second kappa shape index (κ2) is 8.30. The molecule has 0 atom stereocenters. The van der Waals surface area contributed by atoms with Crippen LogP contribution in [0.5, 0.6) is 5.88 Å². The topological polar surface area (TPSA) is 78.0 Å². The van der Waals surface area contributed by atoms with Crippen LogP contribution in [0.3, 0.4) is 0 Å². The predicted molar refractivity (Wildman–Crippen MR) is 111 cm³/mol. The number of fused-ring (bicyclic) bond motifs is 1. The summed E-state index contributed by atoms with van der Waals surface area (Å²) in [6.45, 7) is 0. The van der Waals surface area contributed by atoms with Crippen molar-refractivity contribution in [2.75, 3.05) is 5.32 Å². The molecule has 3 N–H and O–H groups in total. The first-order chi connectivity index (χ1) is 13.7. The molecule has 4 rings (SSSR count). The summed E-state index contributed by atoms with van der Waals surface area (Å²) >= 11 is 0. The molecule has 1 aliphatic carbocycles. The number of aromatic amines is 1. The van der Waals surface area contributed by atoms with Crippen LogP contribution in [0.25, 0.3) is 0 Å². The molecule has 5 nitrogen and oxygen atoms in total. The van der Waals surface area contributed by atoms with E-state index in [9.17, 15) is 9.90 Å². The first-order valence-electron chi connectivity index (χ1n) is 9.94. The first-order valence-corrected chi connectivity index (χ1v) is 9.94. The maximum atomic E-state index is 12.4. The van der Waals surface area contributed by atoms with Crippen LogP contribution in [0.15, 0.2) is 53.3 Å². The molecule has 0 unspecified atom stereocenters. The number of hydrogen-bond donors (Lipinski definition) is 3. The number of aromatic hydroxyl groups is 1. The van der Waals surface area contributed by atoms with Crippen molar-refractivity contribution < 1.29 is 5.11 Å². The van der Waals surface area contributed by atoms with Crippen molar-refractivity contribution in [2.45, 2.75) is 44.9 Å². The Kier molecular flexibility index (Phi) is 5.42. The van der Waals surface area contributed by atoms with Crippen LogP contribution >= 0.6 is 0 Å². The van der Waals surface area contributed by atoms with Gasteiger partial charge in [-0.3, -0.25) is 9.78 Å². The summed E-state index contributed by atoms with van der Waals surface area (Å²) < 4.78 is 0. The highest BCUT2D eigenvalue weighted by Gasteiger charge is 2.13. The molecule has 1 aromatic heterocycles. The fourth-order valence-corrected chi connectivity index (χ4v) is 3.83. The smallest absolute Gasteiger partial charge is 0.259 e. The average molecular weight is 375 g/mol. The molecule has 28 heavy (non-hydrogen) atoms. The molecule has 2 aromatic carbocycles. The summed E-state index contributed by atoms with van der Waals surface area (Å²) in [5.74, 6) is 0.0839. The Morgan fingerprint density at radius 3 is 2.61 bits per heavy atom. The van der Waals surface area contributed by atoms with E-state index in [4.69, 9.17) is 0 Å². The third-order valence-electron chi connectivity index (χ3n) is 5.34. The van der Waals surface area contributed by atoms with Gasteiger partial charge < -0.3 is 10.4 Å². The van der Waals surface area contributed by atoms with E-state index in [1.807, 2.05) is 24.3 Å². The van der Waals surface area contributed by atoms with E-state index in [2.05, 4.69) is 39.6 Å². The number of unbranched alkanes of at least 4 members (excludes halogenated alkanes) is 1. The van der Waals surface area contributed by atoms with Crippen LogP contribution in [-0.4, -0.2) is 15.1 Å². The zero-order valence-electron chi connectivity index (χ0n) is 15.9. The lowest BCUT2D eigenvalue weighted by Gasteiger charge is -2.09. The summed E-state index contributed by atoms with van der Waals surface area (Å²) in [5, 5.41) is 13.4. The Morgan fingerprint density at radius 1 is 1.00 bits per heavy atom. The molecule has 0 saturated heterocycles. The minimum Gasteiger partial charge on any atom is -0.493 e. The third-order valence-corrected chi connectivity index (χ3v) is 5.34. The summed E-state index contributed by atoms with van der Waals surface area (Å²) in [5.41, 5.74) is 4.96. The minimum absolute atomic E-state index is 0.188. The van der Waals surface area contributed by atoms with Crippen molar-refractivity contribution in [2.24, 2.45) is 0 Å². The number of H-pyrrole nitrogens is 1. The molecule has 0 bridgehead atoms. The highest BCUT2D eigenvalue weighted by Crippen LogP contribution is 2.26. The lowest BCUT2D eigenvalue weighted by atomic mass is 10.0. The van der Waals surface area contributed by atoms with Crippen LogP contribution in [0.2, 0.25) is 0 Å². The molecule has 0 spiro atoms. The first kappa shape index (κ1) is 18.3. The van der Waals surface area contributed by atoms with Gasteiger partial charge in [0.25, 0.3) is 5.56 Å². The van der Waals surface area contributed by atoms with Gasteiger partial charge in [-0.2, -0.15) is 4.98 Å². The quantitative estimate of drug-likeness (QED) is 0.539. The standard InChI is InChI=1S/C23H25N3O2/c27-21-20(12-5-4-9-16-7-2-1-3-8-16)22(28)26-23(25-21)24-19-14-13-17-10-6-11-18(17)15-19/h1-3,7-8,13-15H,4-6,9-12H2,(H3,24,25,26,27,28). The van der Waals surface area contributed by atoms with Crippen molar-refractivity contribution in [3.05, 3.63) is 81.1 Å². The van der Waals surface area contributed by atoms with Gasteiger partial charge >= 0.3 is 0 Å². The summed E-state index contributed by atoms with van der Waals surface area (Å²) in [4.78, 5) is 19.3. The Bertz CT molecular complexity index is 1010. The summed E-state index contributed by atoms with van der Waals surface area (Å²) in [6, 6.07) is 16.5. The molecule has 3 aromatic rings. The molecule has 1 heterocycles. The van der Waals surface area contributed by atoms with Crippen molar-refractivity contribution in [3.63, 3.8) is 0 Å². The van der Waals surface area contributed by atoms with Gasteiger partial charge in [0.15, 0.2) is 0 Å². The van der Waals surface area contributed by atoms with Gasteiger partial charge in [0, 0.05) is 5.69 Å². The summed E-state index contributed by atoms with van der Waals surface area (Å²) in [7, 11) is 0. The molecule has 1 aliphatic rings. The van der Waals surface area contributed by atoms with Crippen LogP contribution in [0.4, 0.5) is 11.6 Å². The normalized spacial score (nSPS) is 12.7. The van der Waals surface area contributed by atoms with E-state index in [1.54, 1.807) is 0 Å². The Hall–Kier alpha value is -3.08. The maximum Gasteiger partial charge on any atom is 0.259 e. The highest BCUT2D eigenvalue weighted by molar-refractivity contribution is 5.57. The van der Waals surface area contributed by atoms with Crippen LogP contribution in [-0.2, 0) is 25.7 Å². The van der Waals surface area contributed by atoms with Crippen LogP contribution in [0, 0.1) is 0 Å². The van der Waals surface area contributed by atoms with Crippen molar-refractivity contribution in [1.82, 2.24) is 9.97 Å². The Labute approximate surface area is 164 Å². The second-order valence-corrected chi connectivity index (χ2v) is 7.37. The third kappa shape index (κ3) is 4.25. The number of hydrogen-bond acceptors (Lipinski definition) is 4. The zero-order chi connectivity index (χ0) is 19.3. The predicted octanol–water partition coefficient (Wildman–Crippen LogP) is 4.27. The van der Waals surface area contributed by atoms with E-state index in [0.717, 1.165) is 37.8 Å². The lowest BCUT2D eigenvalue weighted by molar-refractivity contribution is 0.442. The number of benzene rings is 2. The fourth-order valence-electron chi connectivity index (χ4n) is 3.83. The molecular weight excluding hydrogens is 350 g/mol. The van der Waals surface area contributed by atoms with Gasteiger partial charge in [-0.25, -0.2) is 0 Å². The number of anilines is 2. The van der Waals surface area contributed by atoms with E-state index >= 15 is 0 Å². The SMILES string of the molecule is O=c1[nH]c(Nc2ccc3c(c2)CCC3)nc(O)c1CCCCc1ccccc1. The number of nitrogens with one attached hydrogen (secondary N) is 2. The van der Waals surface area contributed by atoms with Crippen LogP contribution in [0.1, 0.15) is 41.5 Å². The molecule has 5 heteroatoms. The van der Waals surface area contributed by atoms with Gasteiger partial charge in [-0.05, 0) is 73.8 Å². The van der Waals surface area contributed by atoms with Gasteiger partial charge in [-0.15, -0.1) is 0 Å². The number of rotatable bonds is 7. The van der Waals surface area contributed by atoms with Gasteiger partial charge in [0.1, 0.15) is 0 Å². The minimum atomic E-state index is -0.282. The molecule has 0 amide bonds. The van der Waals surface area contributed by atoms with E-state index in [1.165, 1.54) is 23.1 Å². The van der Waals surface area contributed by atoms with E-state index in [-0.39, 0.29) is 17.4 Å². The number of aryl methyl sites for hydroxylation is 3.